The number of hydrogen-bond donors (Lipinski definition) is 1. The Balaban J connectivity index is 1.58. The Hall–Kier alpha value is -4.09. The van der Waals surface area contributed by atoms with Crippen LogP contribution in [0.3, 0.4) is 0 Å². The highest BCUT2D eigenvalue weighted by molar-refractivity contribution is 8.00. The van der Waals surface area contributed by atoms with E-state index >= 15 is 0 Å². The predicted octanol–water partition coefficient (Wildman–Crippen LogP) is 4.50. The van der Waals surface area contributed by atoms with Crippen LogP contribution in [-0.4, -0.2) is 36.7 Å². The van der Waals surface area contributed by atoms with E-state index in [1.807, 2.05) is 43.3 Å². The molecule has 2 amide bonds. The number of carbonyl (C=O) groups excluding carboxylic acids is 3. The number of thioether (sulfide) groups is 1. The second-order valence-electron chi connectivity index (χ2n) is 7.08. The molecule has 0 spiro atoms. The number of rotatable bonds is 9. The van der Waals surface area contributed by atoms with Gasteiger partial charge in [0, 0.05) is 22.8 Å². The lowest BCUT2D eigenvalue weighted by atomic mass is 10.2. The number of likely N-dealkylation sites (N-methyl/N-ethyl adjacent to an activating group) is 1. The van der Waals surface area contributed by atoms with Crippen LogP contribution in [0.25, 0.3) is 0 Å². The summed E-state index contributed by atoms with van der Waals surface area (Å²) in [6, 6.07) is 24.6. The van der Waals surface area contributed by atoms with E-state index < -0.39 is 12.6 Å². The number of ether oxygens (including phenoxy) is 1. The van der Waals surface area contributed by atoms with Gasteiger partial charge in [-0.1, -0.05) is 36.4 Å². The standard InChI is InChI=1S/C26H23N3O4S/c1-2-29(21-11-4-3-5-12-21)25(31)17-33-26(32)22-13-6-7-14-23(22)34-18-24(30)28-20-10-8-9-19(15-20)16-27/h3-15H,2,17-18H2,1H3,(H,28,30). The lowest BCUT2D eigenvalue weighted by Gasteiger charge is -2.20. The van der Waals surface area contributed by atoms with Crippen LogP contribution in [-0.2, 0) is 14.3 Å². The van der Waals surface area contributed by atoms with Gasteiger partial charge in [-0.15, -0.1) is 11.8 Å². The predicted molar refractivity (Wildman–Crippen MR) is 132 cm³/mol. The molecule has 0 aliphatic rings. The van der Waals surface area contributed by atoms with Crippen LogP contribution in [0.15, 0.2) is 83.8 Å². The fraction of sp³-hybridized carbons (Fsp3) is 0.154. The van der Waals surface area contributed by atoms with E-state index in [2.05, 4.69) is 5.32 Å². The smallest absolute Gasteiger partial charge is 0.339 e. The zero-order chi connectivity index (χ0) is 24.3. The average Bonchev–Trinajstić information content (AvgIpc) is 2.87. The Morgan fingerprint density at radius 1 is 1.00 bits per heavy atom. The van der Waals surface area contributed by atoms with Crippen molar-refractivity contribution >= 4 is 40.9 Å². The minimum Gasteiger partial charge on any atom is -0.452 e. The second-order valence-corrected chi connectivity index (χ2v) is 8.09. The molecule has 8 heteroatoms. The van der Waals surface area contributed by atoms with E-state index in [0.29, 0.717) is 22.7 Å². The molecule has 3 aromatic rings. The third-order valence-corrected chi connectivity index (χ3v) is 5.83. The molecule has 1 N–H and O–H groups in total. The van der Waals surface area contributed by atoms with Crippen LogP contribution in [0.2, 0.25) is 0 Å². The Kier molecular flexibility index (Phi) is 8.83. The number of para-hydroxylation sites is 1. The molecule has 3 aromatic carbocycles. The quantitative estimate of drug-likeness (QED) is 0.363. The molecule has 0 radical (unpaired) electrons. The maximum atomic E-state index is 12.7. The van der Waals surface area contributed by atoms with Crippen molar-refractivity contribution in [1.29, 1.82) is 5.26 Å². The molecular weight excluding hydrogens is 450 g/mol. The van der Waals surface area contributed by atoms with Gasteiger partial charge in [-0.2, -0.15) is 5.26 Å². The van der Waals surface area contributed by atoms with Gasteiger partial charge in [0.1, 0.15) is 0 Å². The highest BCUT2D eigenvalue weighted by Crippen LogP contribution is 2.24. The monoisotopic (exact) mass is 473 g/mol. The van der Waals surface area contributed by atoms with Crippen molar-refractivity contribution in [3.8, 4) is 6.07 Å². The number of hydrogen-bond acceptors (Lipinski definition) is 6. The van der Waals surface area contributed by atoms with Gasteiger partial charge in [0.25, 0.3) is 5.91 Å². The number of esters is 1. The van der Waals surface area contributed by atoms with Crippen molar-refractivity contribution in [2.45, 2.75) is 11.8 Å². The molecule has 0 saturated heterocycles. The summed E-state index contributed by atoms with van der Waals surface area (Å²) in [5.41, 5.74) is 1.98. The molecule has 0 bridgehead atoms. The molecule has 0 aliphatic carbocycles. The summed E-state index contributed by atoms with van der Waals surface area (Å²) in [7, 11) is 0. The normalized spacial score (nSPS) is 10.1. The molecule has 34 heavy (non-hydrogen) atoms. The first-order valence-corrected chi connectivity index (χ1v) is 11.5. The van der Waals surface area contributed by atoms with Crippen molar-refractivity contribution < 1.29 is 19.1 Å². The molecule has 0 aromatic heterocycles. The van der Waals surface area contributed by atoms with Crippen LogP contribution in [0.5, 0.6) is 0 Å². The van der Waals surface area contributed by atoms with Gasteiger partial charge in [-0.3, -0.25) is 9.59 Å². The van der Waals surface area contributed by atoms with E-state index in [1.165, 1.54) is 11.8 Å². The topological polar surface area (TPSA) is 99.5 Å². The van der Waals surface area contributed by atoms with Crippen molar-refractivity contribution in [2.24, 2.45) is 0 Å². The molecule has 0 atom stereocenters. The Bertz CT molecular complexity index is 1210. The molecule has 0 unspecified atom stereocenters. The van der Waals surface area contributed by atoms with Crippen LogP contribution < -0.4 is 10.2 Å². The van der Waals surface area contributed by atoms with E-state index in [-0.39, 0.29) is 23.1 Å². The van der Waals surface area contributed by atoms with Gasteiger partial charge in [0.2, 0.25) is 5.91 Å². The van der Waals surface area contributed by atoms with Crippen LogP contribution in [0, 0.1) is 11.3 Å². The first-order valence-electron chi connectivity index (χ1n) is 10.6. The summed E-state index contributed by atoms with van der Waals surface area (Å²) in [5, 5.41) is 11.7. The van der Waals surface area contributed by atoms with Crippen LogP contribution >= 0.6 is 11.8 Å². The van der Waals surface area contributed by atoms with E-state index in [1.54, 1.807) is 53.4 Å². The number of benzene rings is 3. The minimum absolute atomic E-state index is 0.0532. The summed E-state index contributed by atoms with van der Waals surface area (Å²) >= 11 is 1.18. The summed E-state index contributed by atoms with van der Waals surface area (Å²) in [6.45, 7) is 1.90. The van der Waals surface area contributed by atoms with E-state index in [0.717, 1.165) is 5.69 Å². The molecule has 172 valence electrons. The highest BCUT2D eigenvalue weighted by atomic mass is 32.2. The average molecular weight is 474 g/mol. The number of nitriles is 1. The third kappa shape index (κ3) is 6.70. The molecule has 0 fully saturated rings. The molecule has 0 aliphatic heterocycles. The van der Waals surface area contributed by atoms with Gasteiger partial charge in [0.15, 0.2) is 6.61 Å². The van der Waals surface area contributed by atoms with Gasteiger partial charge in [0.05, 0.1) is 22.9 Å². The van der Waals surface area contributed by atoms with Crippen molar-refractivity contribution in [3.05, 3.63) is 90.0 Å². The summed E-state index contributed by atoms with van der Waals surface area (Å²) in [5.74, 6) is -1.19. The zero-order valence-corrected chi connectivity index (χ0v) is 19.4. The molecule has 0 saturated carbocycles. The molecule has 3 rings (SSSR count). The maximum Gasteiger partial charge on any atom is 0.339 e. The van der Waals surface area contributed by atoms with Gasteiger partial charge < -0.3 is 15.0 Å². The Morgan fingerprint density at radius 2 is 1.74 bits per heavy atom. The third-order valence-electron chi connectivity index (χ3n) is 4.75. The molecule has 7 nitrogen and oxygen atoms in total. The second kappa shape index (κ2) is 12.2. The largest absolute Gasteiger partial charge is 0.452 e. The van der Waals surface area contributed by atoms with Gasteiger partial charge in [-0.05, 0) is 49.4 Å². The van der Waals surface area contributed by atoms with Crippen LogP contribution in [0.1, 0.15) is 22.8 Å². The summed E-state index contributed by atoms with van der Waals surface area (Å²) in [6.07, 6.45) is 0. The first-order chi connectivity index (χ1) is 16.5. The summed E-state index contributed by atoms with van der Waals surface area (Å²) in [4.78, 5) is 39.7. The lowest BCUT2D eigenvalue weighted by Crippen LogP contribution is -2.34. The molecular formula is C26H23N3O4S. The van der Waals surface area contributed by atoms with Crippen molar-refractivity contribution in [1.82, 2.24) is 0 Å². The van der Waals surface area contributed by atoms with Crippen molar-refractivity contribution in [3.63, 3.8) is 0 Å². The number of carbonyl (C=O) groups is 3. The number of amides is 2. The number of nitrogens with zero attached hydrogens (tertiary/aromatic N) is 2. The SMILES string of the molecule is CCN(C(=O)COC(=O)c1ccccc1SCC(=O)Nc1cccc(C#N)c1)c1ccccc1. The highest BCUT2D eigenvalue weighted by Gasteiger charge is 2.19. The fourth-order valence-electron chi connectivity index (χ4n) is 3.16. The van der Waals surface area contributed by atoms with E-state index in [4.69, 9.17) is 10.00 Å². The van der Waals surface area contributed by atoms with Gasteiger partial charge >= 0.3 is 5.97 Å². The summed E-state index contributed by atoms with van der Waals surface area (Å²) < 4.78 is 5.29. The number of anilines is 2. The first kappa shape index (κ1) is 24.6. The van der Waals surface area contributed by atoms with Crippen molar-refractivity contribution in [2.75, 3.05) is 29.1 Å². The van der Waals surface area contributed by atoms with Crippen LogP contribution in [0.4, 0.5) is 11.4 Å². The maximum absolute atomic E-state index is 12.7. The number of nitrogens with one attached hydrogen (secondary N) is 1. The Labute approximate surface area is 202 Å². The fourth-order valence-corrected chi connectivity index (χ4v) is 4.00. The molecule has 0 heterocycles. The Morgan fingerprint density at radius 3 is 2.47 bits per heavy atom. The lowest BCUT2D eigenvalue weighted by molar-refractivity contribution is -0.121. The minimum atomic E-state index is -0.636. The van der Waals surface area contributed by atoms with Gasteiger partial charge in [-0.25, -0.2) is 4.79 Å². The zero-order valence-electron chi connectivity index (χ0n) is 18.6. The van der Waals surface area contributed by atoms with E-state index in [9.17, 15) is 14.4 Å².